The van der Waals surface area contributed by atoms with E-state index in [2.05, 4.69) is 9.72 Å². The molecule has 0 unspecified atom stereocenters. The van der Waals surface area contributed by atoms with E-state index >= 15 is 0 Å². The largest absolute Gasteiger partial charge is 0.480 e. The Morgan fingerprint density at radius 1 is 1.41 bits per heavy atom. The topological polar surface area (TPSA) is 79.7 Å². The Balaban J connectivity index is 2.91. The average molecular weight is 320 g/mol. The quantitative estimate of drug-likeness (QED) is 0.867. The molecule has 0 spiro atoms. The van der Waals surface area contributed by atoms with Gasteiger partial charge in [0.1, 0.15) is 6.54 Å². The zero-order valence-corrected chi connectivity index (χ0v) is 11.9. The Bertz CT molecular complexity index is 546. The van der Waals surface area contributed by atoms with Gasteiger partial charge >= 0.3 is 12.1 Å². The second-order valence-electron chi connectivity index (χ2n) is 4.71. The molecular formula is C13H15F3N2O4. The maximum Gasteiger partial charge on any atom is 0.422 e. The number of alkyl halides is 3. The summed E-state index contributed by atoms with van der Waals surface area (Å²) in [6, 6.07) is 1.93. The molecule has 0 aliphatic rings. The van der Waals surface area contributed by atoms with Gasteiger partial charge in [-0.15, -0.1) is 0 Å². The van der Waals surface area contributed by atoms with Crippen LogP contribution >= 0.6 is 0 Å². The number of halogens is 3. The summed E-state index contributed by atoms with van der Waals surface area (Å²) >= 11 is 0. The molecule has 0 radical (unpaired) electrons. The molecule has 1 N–H and O–H groups in total. The highest BCUT2D eigenvalue weighted by atomic mass is 19.4. The summed E-state index contributed by atoms with van der Waals surface area (Å²) in [4.78, 5) is 27.7. The van der Waals surface area contributed by atoms with Crippen molar-refractivity contribution in [3.63, 3.8) is 0 Å². The van der Waals surface area contributed by atoms with Crippen LogP contribution in [0.2, 0.25) is 0 Å². The molecule has 0 aliphatic carbocycles. The van der Waals surface area contributed by atoms with Crippen LogP contribution in [0.1, 0.15) is 24.2 Å². The molecule has 1 amide bonds. The van der Waals surface area contributed by atoms with Crippen molar-refractivity contribution in [2.24, 2.45) is 0 Å². The Morgan fingerprint density at radius 3 is 2.55 bits per heavy atom. The van der Waals surface area contributed by atoms with Crippen LogP contribution < -0.4 is 4.74 Å². The lowest BCUT2D eigenvalue weighted by Crippen LogP contribution is -2.40. The van der Waals surface area contributed by atoms with Crippen LogP contribution in [-0.4, -0.2) is 52.2 Å². The van der Waals surface area contributed by atoms with E-state index in [1.807, 2.05) is 0 Å². The van der Waals surface area contributed by atoms with Crippen LogP contribution in [0.3, 0.4) is 0 Å². The minimum absolute atomic E-state index is 0.00197. The summed E-state index contributed by atoms with van der Waals surface area (Å²) in [6.07, 6.45) is -3.40. The number of carbonyl (C=O) groups excluding carboxylic acids is 1. The Labute approximate surface area is 124 Å². The van der Waals surface area contributed by atoms with Gasteiger partial charge in [-0.05, 0) is 19.9 Å². The zero-order valence-electron chi connectivity index (χ0n) is 11.9. The molecule has 9 heteroatoms. The lowest BCUT2D eigenvalue weighted by molar-refractivity contribution is -0.154. The van der Waals surface area contributed by atoms with Crippen molar-refractivity contribution in [1.29, 1.82) is 0 Å². The highest BCUT2D eigenvalue weighted by Crippen LogP contribution is 2.18. The number of carbonyl (C=O) groups is 2. The number of hydrogen-bond donors (Lipinski definition) is 1. The number of amides is 1. The number of ether oxygens (including phenoxy) is 1. The fraction of sp³-hybridized carbons (Fsp3) is 0.462. The van der Waals surface area contributed by atoms with Crippen LogP contribution in [0.15, 0.2) is 18.3 Å². The summed E-state index contributed by atoms with van der Waals surface area (Å²) < 4.78 is 40.7. The van der Waals surface area contributed by atoms with E-state index in [1.165, 1.54) is 6.07 Å². The molecule has 1 heterocycles. The third kappa shape index (κ3) is 5.58. The Morgan fingerprint density at radius 2 is 2.05 bits per heavy atom. The third-order valence-electron chi connectivity index (χ3n) is 2.56. The van der Waals surface area contributed by atoms with E-state index in [1.54, 1.807) is 13.8 Å². The number of rotatable bonds is 6. The molecule has 122 valence electrons. The summed E-state index contributed by atoms with van der Waals surface area (Å²) in [7, 11) is 0. The van der Waals surface area contributed by atoms with Crippen molar-refractivity contribution < 1.29 is 32.6 Å². The fourth-order valence-electron chi connectivity index (χ4n) is 1.58. The van der Waals surface area contributed by atoms with Crippen molar-refractivity contribution in [3.05, 3.63) is 23.9 Å². The summed E-state index contributed by atoms with van der Waals surface area (Å²) in [5, 5.41) is 8.80. The smallest absolute Gasteiger partial charge is 0.422 e. The van der Waals surface area contributed by atoms with Gasteiger partial charge < -0.3 is 14.7 Å². The maximum atomic E-state index is 12.2. The van der Waals surface area contributed by atoms with Crippen molar-refractivity contribution in [1.82, 2.24) is 9.88 Å². The van der Waals surface area contributed by atoms with Gasteiger partial charge in [0.2, 0.25) is 5.88 Å². The molecule has 1 rings (SSSR count). The second kappa shape index (κ2) is 7.10. The molecule has 0 saturated heterocycles. The summed E-state index contributed by atoms with van der Waals surface area (Å²) in [5.74, 6) is -2.18. The fourth-order valence-corrected chi connectivity index (χ4v) is 1.58. The first-order valence-corrected chi connectivity index (χ1v) is 6.28. The van der Waals surface area contributed by atoms with Gasteiger partial charge in [0, 0.05) is 23.9 Å². The third-order valence-corrected chi connectivity index (χ3v) is 2.56. The molecule has 22 heavy (non-hydrogen) atoms. The number of carboxylic acids is 1. The van der Waals surface area contributed by atoms with Gasteiger partial charge in [0.05, 0.1) is 0 Å². The van der Waals surface area contributed by atoms with Crippen LogP contribution in [0.25, 0.3) is 0 Å². The van der Waals surface area contributed by atoms with E-state index in [0.29, 0.717) is 0 Å². The zero-order chi connectivity index (χ0) is 16.9. The maximum absolute atomic E-state index is 12.2. The molecular weight excluding hydrogens is 305 g/mol. The number of hydrogen-bond acceptors (Lipinski definition) is 4. The number of pyridine rings is 1. The SMILES string of the molecule is CC(C)N(CC(=O)O)C(=O)c1ccnc(OCC(F)(F)F)c1. The van der Waals surface area contributed by atoms with Crippen molar-refractivity contribution >= 4 is 11.9 Å². The summed E-state index contributed by atoms with van der Waals surface area (Å²) in [5.41, 5.74) is 0.00197. The molecule has 0 fully saturated rings. The predicted octanol–water partition coefficient (Wildman–Crippen LogP) is 1.96. The average Bonchev–Trinajstić information content (AvgIpc) is 2.41. The molecule has 0 aliphatic heterocycles. The molecule has 0 bridgehead atoms. The van der Waals surface area contributed by atoms with Crippen LogP contribution in [0, 0.1) is 0 Å². The van der Waals surface area contributed by atoms with Crippen LogP contribution in [0.4, 0.5) is 13.2 Å². The summed E-state index contributed by atoms with van der Waals surface area (Å²) in [6.45, 7) is 1.21. The highest BCUT2D eigenvalue weighted by molar-refractivity contribution is 5.96. The van der Waals surface area contributed by atoms with E-state index < -0.39 is 37.2 Å². The lowest BCUT2D eigenvalue weighted by atomic mass is 10.2. The first-order chi connectivity index (χ1) is 10.1. The minimum atomic E-state index is -4.52. The molecule has 0 saturated carbocycles. The second-order valence-corrected chi connectivity index (χ2v) is 4.71. The molecule has 0 atom stereocenters. The highest BCUT2D eigenvalue weighted by Gasteiger charge is 2.29. The van der Waals surface area contributed by atoms with E-state index in [0.717, 1.165) is 17.2 Å². The van der Waals surface area contributed by atoms with Gasteiger partial charge in [-0.2, -0.15) is 13.2 Å². The molecule has 6 nitrogen and oxygen atoms in total. The Kier molecular flexibility index (Phi) is 5.72. The number of aromatic nitrogens is 1. The van der Waals surface area contributed by atoms with E-state index in [9.17, 15) is 22.8 Å². The van der Waals surface area contributed by atoms with Gasteiger partial charge in [-0.25, -0.2) is 4.98 Å². The molecule has 1 aromatic heterocycles. The number of aliphatic carboxylic acids is 1. The van der Waals surface area contributed by atoms with Gasteiger partial charge in [-0.3, -0.25) is 9.59 Å². The molecule has 1 aromatic rings. The lowest BCUT2D eigenvalue weighted by Gasteiger charge is -2.25. The predicted molar refractivity (Wildman–Crippen MR) is 69.6 cm³/mol. The Hall–Kier alpha value is -2.32. The van der Waals surface area contributed by atoms with Gasteiger partial charge in [0.25, 0.3) is 5.91 Å². The number of nitrogens with zero attached hydrogens (tertiary/aromatic N) is 2. The normalized spacial score (nSPS) is 11.4. The monoisotopic (exact) mass is 320 g/mol. The van der Waals surface area contributed by atoms with Gasteiger partial charge in [-0.1, -0.05) is 0 Å². The first-order valence-electron chi connectivity index (χ1n) is 6.28. The van der Waals surface area contributed by atoms with E-state index in [-0.39, 0.29) is 11.4 Å². The number of carboxylic acid groups (broad SMARTS) is 1. The molecule has 0 aromatic carbocycles. The van der Waals surface area contributed by atoms with Crippen LogP contribution in [-0.2, 0) is 4.79 Å². The van der Waals surface area contributed by atoms with Crippen LogP contribution in [0.5, 0.6) is 5.88 Å². The van der Waals surface area contributed by atoms with Crippen molar-refractivity contribution in [3.8, 4) is 5.88 Å². The van der Waals surface area contributed by atoms with E-state index in [4.69, 9.17) is 5.11 Å². The van der Waals surface area contributed by atoms with Crippen molar-refractivity contribution in [2.45, 2.75) is 26.1 Å². The standard InChI is InChI=1S/C13H15F3N2O4/c1-8(2)18(6-11(19)20)12(21)9-3-4-17-10(5-9)22-7-13(14,15)16/h3-5,8H,6-7H2,1-2H3,(H,19,20). The first kappa shape index (κ1) is 17.7. The van der Waals surface area contributed by atoms with Gasteiger partial charge in [0.15, 0.2) is 6.61 Å². The minimum Gasteiger partial charge on any atom is -0.480 e. The van der Waals surface area contributed by atoms with Crippen molar-refractivity contribution in [2.75, 3.05) is 13.2 Å².